The standard InChI is InChI=1S/C22H27FN6O/c1-17-3-5-18(6-4-17)21(22-24-25-26-29(22)15-16-30-2)28-13-11-27(12-14-28)20-9-7-19(23)8-10-20/h3-10,21H,11-16H2,1-2H3/t21-/m0/s1. The third-order valence-corrected chi connectivity index (χ3v) is 5.58. The number of halogens is 1. The molecule has 8 heteroatoms. The molecule has 2 aromatic carbocycles. The Kier molecular flexibility index (Phi) is 6.35. The second-order valence-electron chi connectivity index (χ2n) is 7.57. The fraction of sp³-hybridized carbons (Fsp3) is 0.409. The van der Waals surface area contributed by atoms with Crippen LogP contribution in [-0.2, 0) is 11.3 Å². The zero-order chi connectivity index (χ0) is 20.9. The number of nitrogens with zero attached hydrogens (tertiary/aromatic N) is 6. The number of rotatable bonds is 7. The maximum atomic E-state index is 13.3. The van der Waals surface area contributed by atoms with Gasteiger partial charge in [0, 0.05) is 39.0 Å². The Hall–Kier alpha value is -2.84. The molecule has 3 aromatic rings. The molecule has 1 saturated heterocycles. The predicted octanol–water partition coefficient (Wildman–Crippen LogP) is 2.68. The highest BCUT2D eigenvalue weighted by atomic mass is 19.1. The van der Waals surface area contributed by atoms with E-state index in [1.165, 1.54) is 23.3 Å². The van der Waals surface area contributed by atoms with Crippen LogP contribution in [0.3, 0.4) is 0 Å². The number of aryl methyl sites for hydroxylation is 1. The van der Waals surface area contributed by atoms with Crippen molar-refractivity contribution in [3.05, 3.63) is 71.3 Å². The fourth-order valence-corrected chi connectivity index (χ4v) is 3.91. The van der Waals surface area contributed by atoms with Crippen molar-refractivity contribution < 1.29 is 9.13 Å². The molecule has 1 fully saturated rings. The summed E-state index contributed by atoms with van der Waals surface area (Å²) < 4.78 is 20.3. The Labute approximate surface area is 176 Å². The molecule has 0 N–H and O–H groups in total. The van der Waals surface area contributed by atoms with Gasteiger partial charge in [-0.1, -0.05) is 29.8 Å². The Bertz CT molecular complexity index is 935. The zero-order valence-corrected chi connectivity index (χ0v) is 17.4. The van der Waals surface area contributed by atoms with Crippen molar-refractivity contribution in [1.29, 1.82) is 0 Å². The highest BCUT2D eigenvalue weighted by Gasteiger charge is 2.30. The summed E-state index contributed by atoms with van der Waals surface area (Å²) >= 11 is 0. The van der Waals surface area contributed by atoms with Crippen molar-refractivity contribution in [1.82, 2.24) is 25.1 Å². The summed E-state index contributed by atoms with van der Waals surface area (Å²) in [6.45, 7) is 6.66. The average Bonchev–Trinajstić information content (AvgIpc) is 3.23. The van der Waals surface area contributed by atoms with Crippen molar-refractivity contribution in [2.45, 2.75) is 19.5 Å². The first kappa shape index (κ1) is 20.4. The van der Waals surface area contributed by atoms with Gasteiger partial charge in [0.05, 0.1) is 19.2 Å². The van der Waals surface area contributed by atoms with Crippen molar-refractivity contribution in [2.75, 3.05) is 44.8 Å². The van der Waals surface area contributed by atoms with E-state index < -0.39 is 0 Å². The smallest absolute Gasteiger partial charge is 0.173 e. The molecule has 4 rings (SSSR count). The summed E-state index contributed by atoms with van der Waals surface area (Å²) in [7, 11) is 1.68. The molecule has 30 heavy (non-hydrogen) atoms. The molecule has 0 saturated carbocycles. The lowest BCUT2D eigenvalue weighted by atomic mass is 10.0. The first-order chi connectivity index (χ1) is 14.7. The van der Waals surface area contributed by atoms with Crippen molar-refractivity contribution in [3.8, 4) is 0 Å². The minimum atomic E-state index is -0.209. The zero-order valence-electron chi connectivity index (χ0n) is 17.4. The number of benzene rings is 2. The van der Waals surface area contributed by atoms with E-state index in [2.05, 4.69) is 56.5 Å². The van der Waals surface area contributed by atoms with Crippen molar-refractivity contribution in [3.63, 3.8) is 0 Å². The molecule has 0 spiro atoms. The molecular formula is C22H27FN6O. The van der Waals surface area contributed by atoms with E-state index in [-0.39, 0.29) is 11.9 Å². The van der Waals surface area contributed by atoms with E-state index in [9.17, 15) is 4.39 Å². The lowest BCUT2D eigenvalue weighted by Gasteiger charge is -2.40. The molecule has 1 atom stereocenters. The topological polar surface area (TPSA) is 59.3 Å². The normalized spacial score (nSPS) is 16.0. The van der Waals surface area contributed by atoms with Gasteiger partial charge < -0.3 is 9.64 Å². The van der Waals surface area contributed by atoms with Gasteiger partial charge in [-0.25, -0.2) is 9.07 Å². The molecule has 0 aliphatic carbocycles. The maximum absolute atomic E-state index is 13.3. The highest BCUT2D eigenvalue weighted by molar-refractivity contribution is 5.46. The first-order valence-corrected chi connectivity index (χ1v) is 10.2. The molecule has 158 valence electrons. The van der Waals surface area contributed by atoms with Crippen molar-refractivity contribution >= 4 is 5.69 Å². The molecule has 1 aromatic heterocycles. The number of hydrogen-bond donors (Lipinski definition) is 0. The highest BCUT2D eigenvalue weighted by Crippen LogP contribution is 2.29. The van der Waals surface area contributed by atoms with Crippen LogP contribution in [-0.4, -0.2) is 65.0 Å². The van der Waals surface area contributed by atoms with Crippen molar-refractivity contribution in [2.24, 2.45) is 0 Å². The van der Waals surface area contributed by atoms with Crippen LogP contribution < -0.4 is 4.90 Å². The molecule has 1 aliphatic heterocycles. The number of ether oxygens (including phenoxy) is 1. The number of aromatic nitrogens is 4. The minimum absolute atomic E-state index is 0.0344. The SMILES string of the molecule is COCCn1nnnc1[C@H](c1ccc(C)cc1)N1CCN(c2ccc(F)cc2)CC1. The van der Waals surface area contributed by atoms with Crippen LogP contribution in [0.25, 0.3) is 0 Å². The third-order valence-electron chi connectivity index (χ3n) is 5.58. The molecule has 0 bridgehead atoms. The average molecular weight is 410 g/mol. The quantitative estimate of drug-likeness (QED) is 0.597. The van der Waals surface area contributed by atoms with E-state index in [1.807, 2.05) is 16.8 Å². The number of hydrogen-bond acceptors (Lipinski definition) is 6. The summed E-state index contributed by atoms with van der Waals surface area (Å²) in [5.41, 5.74) is 3.44. The van der Waals surface area contributed by atoms with E-state index >= 15 is 0 Å². The van der Waals surface area contributed by atoms with Crippen LogP contribution in [0, 0.1) is 12.7 Å². The Morgan fingerprint density at radius 2 is 1.70 bits per heavy atom. The van der Waals surface area contributed by atoms with Gasteiger partial charge >= 0.3 is 0 Å². The van der Waals surface area contributed by atoms with Gasteiger partial charge in [-0.3, -0.25) is 4.90 Å². The number of piperazine rings is 1. The second kappa shape index (κ2) is 9.32. The van der Waals surface area contributed by atoms with Gasteiger partial charge in [0.1, 0.15) is 5.82 Å². The molecule has 0 unspecified atom stereocenters. The number of tetrazole rings is 1. The summed E-state index contributed by atoms with van der Waals surface area (Å²) in [5, 5.41) is 12.5. The first-order valence-electron chi connectivity index (χ1n) is 10.2. The van der Waals surface area contributed by atoms with Crippen LogP contribution in [0.15, 0.2) is 48.5 Å². The lowest BCUT2D eigenvalue weighted by Crippen LogP contribution is -2.48. The van der Waals surface area contributed by atoms with Crippen LogP contribution in [0.1, 0.15) is 23.0 Å². The summed E-state index contributed by atoms with van der Waals surface area (Å²) in [6, 6.07) is 15.2. The van der Waals surface area contributed by atoms with Crippen LogP contribution in [0.2, 0.25) is 0 Å². The Morgan fingerprint density at radius 1 is 1.00 bits per heavy atom. The van der Waals surface area contributed by atoms with Gasteiger partial charge in [-0.05, 0) is 47.2 Å². The third kappa shape index (κ3) is 4.49. The second-order valence-corrected chi connectivity index (χ2v) is 7.57. The maximum Gasteiger partial charge on any atom is 0.173 e. The monoisotopic (exact) mass is 410 g/mol. The molecule has 1 aliphatic rings. The van der Waals surface area contributed by atoms with Crippen LogP contribution in [0.5, 0.6) is 0 Å². The van der Waals surface area contributed by atoms with Gasteiger partial charge in [-0.15, -0.1) is 5.10 Å². The summed E-state index contributed by atoms with van der Waals surface area (Å²) in [6.07, 6.45) is 0. The molecule has 0 amide bonds. The number of anilines is 1. The molecular weight excluding hydrogens is 383 g/mol. The Balaban J connectivity index is 1.57. The molecule has 2 heterocycles. The van der Waals surface area contributed by atoms with E-state index in [4.69, 9.17) is 4.74 Å². The summed E-state index contributed by atoms with van der Waals surface area (Å²) in [5.74, 6) is 0.617. The minimum Gasteiger partial charge on any atom is -0.383 e. The van der Waals surface area contributed by atoms with Crippen LogP contribution >= 0.6 is 0 Å². The lowest BCUT2D eigenvalue weighted by molar-refractivity contribution is 0.172. The van der Waals surface area contributed by atoms with Gasteiger partial charge in [0.15, 0.2) is 5.82 Å². The number of methoxy groups -OCH3 is 1. The van der Waals surface area contributed by atoms with E-state index in [0.29, 0.717) is 13.2 Å². The predicted molar refractivity (Wildman–Crippen MR) is 113 cm³/mol. The Morgan fingerprint density at radius 3 is 2.37 bits per heavy atom. The van der Waals surface area contributed by atoms with E-state index in [0.717, 1.165) is 37.7 Å². The largest absolute Gasteiger partial charge is 0.383 e. The van der Waals surface area contributed by atoms with Crippen LogP contribution in [0.4, 0.5) is 10.1 Å². The van der Waals surface area contributed by atoms with E-state index in [1.54, 1.807) is 7.11 Å². The van der Waals surface area contributed by atoms with Gasteiger partial charge in [-0.2, -0.15) is 0 Å². The van der Waals surface area contributed by atoms with Gasteiger partial charge in [0.25, 0.3) is 0 Å². The molecule has 0 radical (unpaired) electrons. The fourth-order valence-electron chi connectivity index (χ4n) is 3.91. The molecule has 7 nitrogen and oxygen atoms in total. The van der Waals surface area contributed by atoms with Gasteiger partial charge in [0.2, 0.25) is 0 Å². The summed E-state index contributed by atoms with van der Waals surface area (Å²) in [4.78, 5) is 4.70.